The van der Waals surface area contributed by atoms with Gasteiger partial charge in [0.2, 0.25) is 0 Å². The number of hydrogen-bond donors (Lipinski definition) is 0. The van der Waals surface area contributed by atoms with Crippen LogP contribution in [-0.4, -0.2) is 0 Å². The van der Waals surface area contributed by atoms with Crippen molar-refractivity contribution in [1.29, 1.82) is 0 Å². The molecule has 0 heteroatoms. The van der Waals surface area contributed by atoms with Crippen LogP contribution < -0.4 is 0 Å². The third kappa shape index (κ3) is 1.05. The molecule has 0 amide bonds. The normalized spacial score (nSPS) is 36.0. The van der Waals surface area contributed by atoms with E-state index in [9.17, 15) is 0 Å². The highest BCUT2D eigenvalue weighted by Gasteiger charge is 2.48. The van der Waals surface area contributed by atoms with Gasteiger partial charge in [0.05, 0.1) is 0 Å². The van der Waals surface area contributed by atoms with Gasteiger partial charge in [-0.25, -0.2) is 0 Å². The van der Waals surface area contributed by atoms with Gasteiger partial charge in [0.1, 0.15) is 0 Å². The van der Waals surface area contributed by atoms with Crippen molar-refractivity contribution in [3.05, 3.63) is 23.8 Å². The average Bonchev–Trinajstić information content (AvgIpc) is 2.78. The van der Waals surface area contributed by atoms with Gasteiger partial charge in [0.15, 0.2) is 0 Å². The maximum Gasteiger partial charge on any atom is -0.00469 e. The summed E-state index contributed by atoms with van der Waals surface area (Å²) >= 11 is 0. The smallest absolute Gasteiger partial charge is 0.00469 e. The van der Waals surface area contributed by atoms with Gasteiger partial charge in [-0.05, 0) is 55.1 Å². The minimum Gasteiger partial charge on any atom is -0.0950 e. The Morgan fingerprint density at radius 2 is 2.17 bits per heavy atom. The van der Waals surface area contributed by atoms with Crippen molar-refractivity contribution < 1.29 is 0 Å². The Morgan fingerprint density at radius 3 is 2.67 bits per heavy atom. The molecule has 0 aromatic heterocycles. The zero-order valence-corrected chi connectivity index (χ0v) is 8.19. The molecule has 0 radical (unpaired) electrons. The average molecular weight is 162 g/mol. The predicted molar refractivity (Wildman–Crippen MR) is 53.0 cm³/mol. The molecule has 0 heterocycles. The summed E-state index contributed by atoms with van der Waals surface area (Å²) in [6.07, 6.45) is 7.71. The van der Waals surface area contributed by atoms with E-state index in [2.05, 4.69) is 26.5 Å². The Bertz CT molecular complexity index is 241. The number of rotatable bonds is 0. The molecular weight excluding hydrogens is 144 g/mol. The predicted octanol–water partition coefficient (Wildman–Crippen LogP) is 3.70. The molecule has 1 spiro atoms. The number of hydrogen-bond acceptors (Lipinski definition) is 0. The highest BCUT2D eigenvalue weighted by atomic mass is 14.5. The first-order valence-electron chi connectivity index (χ1n) is 5.03. The molecule has 2 rings (SSSR count). The van der Waals surface area contributed by atoms with E-state index in [4.69, 9.17) is 0 Å². The fourth-order valence-corrected chi connectivity index (χ4v) is 2.65. The summed E-state index contributed by atoms with van der Waals surface area (Å²) in [7, 11) is 0. The van der Waals surface area contributed by atoms with E-state index in [1.165, 1.54) is 36.8 Å². The lowest BCUT2D eigenvalue weighted by atomic mass is 9.74. The summed E-state index contributed by atoms with van der Waals surface area (Å²) in [5, 5.41) is 0. The van der Waals surface area contributed by atoms with Crippen LogP contribution in [0.15, 0.2) is 23.8 Å². The van der Waals surface area contributed by atoms with Crippen molar-refractivity contribution in [1.82, 2.24) is 0 Å². The Kier molecular flexibility index (Phi) is 1.67. The van der Waals surface area contributed by atoms with Gasteiger partial charge >= 0.3 is 0 Å². The van der Waals surface area contributed by atoms with Gasteiger partial charge in [-0.3, -0.25) is 0 Å². The highest BCUT2D eigenvalue weighted by molar-refractivity contribution is 5.40. The summed E-state index contributed by atoms with van der Waals surface area (Å²) in [5.74, 6) is 0.879. The first-order chi connectivity index (χ1) is 5.68. The molecule has 2 aliphatic rings. The van der Waals surface area contributed by atoms with Gasteiger partial charge in [0, 0.05) is 0 Å². The SMILES string of the molecule is C=C1/C(=C\C)C[C@@H](C)CC12CC2. The minimum atomic E-state index is 0.569. The van der Waals surface area contributed by atoms with Crippen molar-refractivity contribution >= 4 is 0 Å². The third-order valence-corrected chi connectivity index (χ3v) is 3.54. The summed E-state index contributed by atoms with van der Waals surface area (Å²) in [6.45, 7) is 8.77. The molecule has 0 saturated heterocycles. The monoisotopic (exact) mass is 162 g/mol. The molecule has 0 nitrogen and oxygen atoms in total. The molecule has 2 fully saturated rings. The second-order valence-corrected chi connectivity index (χ2v) is 4.59. The standard InChI is InChI=1S/C12H18/c1-4-11-7-9(2)8-12(5-6-12)10(11)3/h4,9H,3,5-8H2,1-2H3/b11-4-/t9-/m1/s1. The Hall–Kier alpha value is -0.520. The van der Waals surface area contributed by atoms with Crippen LogP contribution in [0.4, 0.5) is 0 Å². The largest absolute Gasteiger partial charge is 0.0950 e. The van der Waals surface area contributed by atoms with Crippen LogP contribution >= 0.6 is 0 Å². The van der Waals surface area contributed by atoms with Crippen LogP contribution in [0.25, 0.3) is 0 Å². The van der Waals surface area contributed by atoms with Crippen LogP contribution in [0.2, 0.25) is 0 Å². The molecular formula is C12H18. The molecule has 0 bridgehead atoms. The Labute approximate surface area is 75.4 Å². The molecule has 0 aromatic rings. The molecule has 0 N–H and O–H groups in total. The van der Waals surface area contributed by atoms with Crippen molar-refractivity contribution in [2.45, 2.75) is 39.5 Å². The van der Waals surface area contributed by atoms with Crippen molar-refractivity contribution in [2.75, 3.05) is 0 Å². The Balaban J connectivity index is 2.25. The second kappa shape index (κ2) is 2.48. The maximum atomic E-state index is 4.25. The van der Waals surface area contributed by atoms with Gasteiger partial charge in [-0.15, -0.1) is 0 Å². The van der Waals surface area contributed by atoms with Gasteiger partial charge < -0.3 is 0 Å². The zero-order valence-electron chi connectivity index (χ0n) is 8.19. The van der Waals surface area contributed by atoms with Crippen molar-refractivity contribution in [3.8, 4) is 0 Å². The lowest BCUT2D eigenvalue weighted by molar-refractivity contribution is 0.381. The molecule has 0 aromatic carbocycles. The van der Waals surface area contributed by atoms with E-state index in [0.29, 0.717) is 5.41 Å². The minimum absolute atomic E-state index is 0.569. The van der Waals surface area contributed by atoms with Crippen LogP contribution in [0.3, 0.4) is 0 Å². The summed E-state index contributed by atoms with van der Waals surface area (Å²) in [4.78, 5) is 0. The lowest BCUT2D eigenvalue weighted by Crippen LogP contribution is -2.18. The molecule has 0 aliphatic heterocycles. The Morgan fingerprint density at radius 1 is 1.50 bits per heavy atom. The summed E-state index contributed by atoms with van der Waals surface area (Å²) in [6, 6.07) is 0. The van der Waals surface area contributed by atoms with Gasteiger partial charge in [-0.2, -0.15) is 0 Å². The molecule has 2 saturated carbocycles. The number of allylic oxidation sites excluding steroid dienone is 3. The van der Waals surface area contributed by atoms with Crippen LogP contribution in [0.5, 0.6) is 0 Å². The third-order valence-electron chi connectivity index (χ3n) is 3.54. The van der Waals surface area contributed by atoms with E-state index in [1.807, 2.05) is 0 Å². The quantitative estimate of drug-likeness (QED) is 0.509. The molecule has 1 atom stereocenters. The first-order valence-corrected chi connectivity index (χ1v) is 5.03. The van der Waals surface area contributed by atoms with Crippen molar-refractivity contribution in [3.63, 3.8) is 0 Å². The summed E-state index contributed by atoms with van der Waals surface area (Å²) < 4.78 is 0. The summed E-state index contributed by atoms with van der Waals surface area (Å²) in [5.41, 5.74) is 3.56. The van der Waals surface area contributed by atoms with Gasteiger partial charge in [-0.1, -0.05) is 19.6 Å². The van der Waals surface area contributed by atoms with E-state index in [-0.39, 0.29) is 0 Å². The fraction of sp³-hybridized carbons (Fsp3) is 0.667. The van der Waals surface area contributed by atoms with Crippen molar-refractivity contribution in [2.24, 2.45) is 11.3 Å². The van der Waals surface area contributed by atoms with E-state index in [0.717, 1.165) is 5.92 Å². The molecule has 12 heavy (non-hydrogen) atoms. The zero-order chi connectivity index (χ0) is 8.77. The molecule has 66 valence electrons. The van der Waals surface area contributed by atoms with Crippen LogP contribution in [-0.2, 0) is 0 Å². The van der Waals surface area contributed by atoms with Gasteiger partial charge in [0.25, 0.3) is 0 Å². The first kappa shape index (κ1) is 8.10. The van der Waals surface area contributed by atoms with Crippen LogP contribution in [0.1, 0.15) is 39.5 Å². The molecule has 0 unspecified atom stereocenters. The fourth-order valence-electron chi connectivity index (χ4n) is 2.65. The van der Waals surface area contributed by atoms with E-state index >= 15 is 0 Å². The van der Waals surface area contributed by atoms with Crippen LogP contribution in [0, 0.1) is 11.3 Å². The maximum absolute atomic E-state index is 4.25. The highest BCUT2D eigenvalue weighted by Crippen LogP contribution is 2.61. The van der Waals surface area contributed by atoms with E-state index < -0.39 is 0 Å². The molecule has 2 aliphatic carbocycles. The topological polar surface area (TPSA) is 0 Å². The second-order valence-electron chi connectivity index (χ2n) is 4.59. The van der Waals surface area contributed by atoms with E-state index in [1.54, 1.807) is 0 Å². The lowest BCUT2D eigenvalue weighted by Gasteiger charge is -2.31.